The first-order valence-electron chi connectivity index (χ1n) is 9.73. The molecule has 1 aromatic heterocycles. The molecular formula is C22H24N4O2. The van der Waals surface area contributed by atoms with Gasteiger partial charge in [0.15, 0.2) is 0 Å². The van der Waals surface area contributed by atoms with Crippen LogP contribution in [0.25, 0.3) is 22.0 Å². The van der Waals surface area contributed by atoms with Crippen molar-refractivity contribution in [2.45, 2.75) is 19.3 Å². The lowest BCUT2D eigenvalue weighted by Gasteiger charge is -2.32. The summed E-state index contributed by atoms with van der Waals surface area (Å²) >= 11 is 0. The third-order valence-electron chi connectivity index (χ3n) is 5.41. The Bertz CT molecular complexity index is 967. The van der Waals surface area contributed by atoms with Gasteiger partial charge in [0, 0.05) is 31.4 Å². The molecule has 0 aliphatic carbocycles. The summed E-state index contributed by atoms with van der Waals surface area (Å²) in [6.45, 7) is 2.33. The van der Waals surface area contributed by atoms with Gasteiger partial charge in [0.1, 0.15) is 0 Å². The molecule has 0 atom stereocenters. The van der Waals surface area contributed by atoms with Crippen LogP contribution in [0.5, 0.6) is 0 Å². The molecule has 28 heavy (non-hydrogen) atoms. The van der Waals surface area contributed by atoms with E-state index >= 15 is 0 Å². The predicted octanol–water partition coefficient (Wildman–Crippen LogP) is 4.17. The fourth-order valence-corrected chi connectivity index (χ4v) is 3.82. The maximum Gasteiger partial charge on any atom is 0.404 e. The first-order valence-corrected chi connectivity index (χ1v) is 9.73. The second kappa shape index (κ2) is 8.25. The van der Waals surface area contributed by atoms with Gasteiger partial charge >= 0.3 is 6.09 Å². The first kappa shape index (κ1) is 18.2. The zero-order chi connectivity index (χ0) is 19.3. The first-order chi connectivity index (χ1) is 13.7. The fourth-order valence-electron chi connectivity index (χ4n) is 3.82. The van der Waals surface area contributed by atoms with E-state index in [4.69, 9.17) is 10.1 Å². The van der Waals surface area contributed by atoms with E-state index in [1.54, 1.807) is 0 Å². The van der Waals surface area contributed by atoms with E-state index in [9.17, 15) is 4.79 Å². The summed E-state index contributed by atoms with van der Waals surface area (Å²) < 4.78 is 0. The molecule has 1 saturated heterocycles. The molecule has 2 aromatic carbocycles. The summed E-state index contributed by atoms with van der Waals surface area (Å²) in [6.07, 6.45) is 3.83. The molecule has 0 spiro atoms. The normalized spacial score (nSPS) is 14.9. The Morgan fingerprint density at radius 2 is 1.89 bits per heavy atom. The second-order valence-electron chi connectivity index (χ2n) is 7.25. The molecule has 0 bridgehead atoms. The lowest BCUT2D eigenvalue weighted by molar-refractivity contribution is 0.193. The number of rotatable bonds is 5. The molecule has 1 fully saturated rings. The Hall–Kier alpha value is -3.15. The average Bonchev–Trinajstić information content (AvgIpc) is 2.74. The van der Waals surface area contributed by atoms with Crippen molar-refractivity contribution in [3.63, 3.8) is 0 Å². The minimum Gasteiger partial charge on any atom is -0.465 e. The number of piperidine rings is 1. The van der Waals surface area contributed by atoms with E-state index in [0.29, 0.717) is 12.5 Å². The number of amides is 1. The highest BCUT2D eigenvalue weighted by Crippen LogP contribution is 2.26. The third kappa shape index (κ3) is 4.22. The van der Waals surface area contributed by atoms with Gasteiger partial charge in [-0.3, -0.25) is 0 Å². The van der Waals surface area contributed by atoms with Crippen LogP contribution in [-0.2, 0) is 0 Å². The fraction of sp³-hybridized carbons (Fsp3) is 0.318. The van der Waals surface area contributed by atoms with Gasteiger partial charge in [-0.05, 0) is 48.1 Å². The second-order valence-corrected chi connectivity index (χ2v) is 7.25. The van der Waals surface area contributed by atoms with Crippen LogP contribution >= 0.6 is 0 Å². The molecule has 1 aliphatic heterocycles. The van der Waals surface area contributed by atoms with Crippen molar-refractivity contribution in [3.8, 4) is 11.3 Å². The summed E-state index contributed by atoms with van der Waals surface area (Å²) in [5.41, 5.74) is 2.03. The Labute approximate surface area is 164 Å². The summed E-state index contributed by atoms with van der Waals surface area (Å²) in [7, 11) is 0. The number of hydrogen-bond donors (Lipinski definition) is 2. The molecule has 0 radical (unpaired) electrons. The van der Waals surface area contributed by atoms with Crippen molar-refractivity contribution in [1.82, 2.24) is 15.3 Å². The van der Waals surface area contributed by atoms with Crippen molar-refractivity contribution in [2.24, 2.45) is 5.92 Å². The molecule has 6 heteroatoms. The van der Waals surface area contributed by atoms with Crippen LogP contribution in [0, 0.1) is 5.92 Å². The van der Waals surface area contributed by atoms with Gasteiger partial charge in [0.2, 0.25) is 5.95 Å². The summed E-state index contributed by atoms with van der Waals surface area (Å²) in [4.78, 5) is 22.1. The molecule has 1 amide bonds. The maximum atomic E-state index is 10.6. The van der Waals surface area contributed by atoms with E-state index in [1.807, 2.05) is 24.4 Å². The molecule has 1 aliphatic rings. The number of carboxylic acid groups (broad SMARTS) is 1. The van der Waals surface area contributed by atoms with Gasteiger partial charge in [0.25, 0.3) is 0 Å². The highest BCUT2D eigenvalue weighted by atomic mass is 16.4. The summed E-state index contributed by atoms with van der Waals surface area (Å²) in [5, 5.41) is 13.6. The minimum atomic E-state index is -0.948. The highest BCUT2D eigenvalue weighted by molar-refractivity contribution is 5.86. The Kier molecular flexibility index (Phi) is 5.37. The Morgan fingerprint density at radius 1 is 1.11 bits per heavy atom. The van der Waals surface area contributed by atoms with Gasteiger partial charge in [-0.25, -0.2) is 14.8 Å². The van der Waals surface area contributed by atoms with Gasteiger partial charge in [0.05, 0.1) is 5.69 Å². The van der Waals surface area contributed by atoms with Crippen molar-refractivity contribution in [2.75, 3.05) is 24.5 Å². The number of benzene rings is 2. The molecule has 0 saturated carbocycles. The van der Waals surface area contributed by atoms with Crippen LogP contribution in [0.4, 0.5) is 10.7 Å². The lowest BCUT2D eigenvalue weighted by Crippen LogP contribution is -2.36. The number of hydrogen-bond acceptors (Lipinski definition) is 4. The van der Waals surface area contributed by atoms with Crippen LogP contribution < -0.4 is 10.2 Å². The predicted molar refractivity (Wildman–Crippen MR) is 111 cm³/mol. The minimum absolute atomic E-state index is 0.522. The summed E-state index contributed by atoms with van der Waals surface area (Å²) in [6, 6.07) is 16.7. The molecular weight excluding hydrogens is 352 g/mol. The van der Waals surface area contributed by atoms with Gasteiger partial charge in [-0.1, -0.05) is 36.4 Å². The van der Waals surface area contributed by atoms with E-state index in [2.05, 4.69) is 45.5 Å². The Balaban J connectivity index is 1.43. The number of anilines is 1. The standard InChI is InChI=1S/C22H24N4O2/c27-22(28)24-11-7-16-9-13-26(14-10-16)21-23-12-8-20(25-21)19-6-5-17-3-1-2-4-18(17)15-19/h1-6,8,12,15-16,24H,7,9-11,13-14H2,(H,27,28). The van der Waals surface area contributed by atoms with Crippen LogP contribution in [0.3, 0.4) is 0 Å². The van der Waals surface area contributed by atoms with Crippen LogP contribution in [-0.4, -0.2) is 40.8 Å². The highest BCUT2D eigenvalue weighted by Gasteiger charge is 2.21. The van der Waals surface area contributed by atoms with Crippen LogP contribution in [0.2, 0.25) is 0 Å². The van der Waals surface area contributed by atoms with Gasteiger partial charge in [-0.15, -0.1) is 0 Å². The summed E-state index contributed by atoms with van der Waals surface area (Å²) in [5.74, 6) is 1.32. The van der Waals surface area contributed by atoms with Crippen molar-refractivity contribution in [3.05, 3.63) is 54.7 Å². The molecule has 4 rings (SSSR count). The van der Waals surface area contributed by atoms with E-state index in [0.717, 1.165) is 49.6 Å². The van der Waals surface area contributed by atoms with Crippen LogP contribution in [0.1, 0.15) is 19.3 Å². The molecule has 6 nitrogen and oxygen atoms in total. The van der Waals surface area contributed by atoms with Crippen molar-refractivity contribution in [1.29, 1.82) is 0 Å². The van der Waals surface area contributed by atoms with Gasteiger partial charge < -0.3 is 15.3 Å². The quantitative estimate of drug-likeness (QED) is 0.699. The largest absolute Gasteiger partial charge is 0.465 e. The number of aromatic nitrogens is 2. The van der Waals surface area contributed by atoms with E-state index in [1.165, 1.54) is 10.8 Å². The third-order valence-corrected chi connectivity index (χ3v) is 5.41. The monoisotopic (exact) mass is 376 g/mol. The topological polar surface area (TPSA) is 78.4 Å². The van der Waals surface area contributed by atoms with Gasteiger partial charge in [-0.2, -0.15) is 0 Å². The van der Waals surface area contributed by atoms with Crippen molar-refractivity contribution >= 4 is 22.8 Å². The SMILES string of the molecule is O=C(O)NCCC1CCN(c2nccc(-c3ccc4ccccc4c3)n2)CC1. The molecule has 2 N–H and O–H groups in total. The average molecular weight is 376 g/mol. The van der Waals surface area contributed by atoms with Crippen LogP contribution in [0.15, 0.2) is 54.7 Å². The number of fused-ring (bicyclic) bond motifs is 1. The number of nitrogens with zero attached hydrogens (tertiary/aromatic N) is 3. The molecule has 0 unspecified atom stereocenters. The maximum absolute atomic E-state index is 10.6. The smallest absolute Gasteiger partial charge is 0.404 e. The zero-order valence-corrected chi connectivity index (χ0v) is 15.7. The molecule has 3 aromatic rings. The molecule has 2 heterocycles. The Morgan fingerprint density at radius 3 is 2.68 bits per heavy atom. The molecule has 144 valence electrons. The van der Waals surface area contributed by atoms with Crippen molar-refractivity contribution < 1.29 is 9.90 Å². The number of carbonyl (C=O) groups is 1. The van der Waals surface area contributed by atoms with E-state index < -0.39 is 6.09 Å². The van der Waals surface area contributed by atoms with E-state index in [-0.39, 0.29) is 0 Å². The zero-order valence-electron chi connectivity index (χ0n) is 15.7. The number of nitrogens with one attached hydrogen (secondary N) is 1. The lowest BCUT2D eigenvalue weighted by atomic mass is 9.94.